The maximum absolute atomic E-state index is 6.16. The zero-order valence-corrected chi connectivity index (χ0v) is 18.4. The number of fused-ring (bicyclic) bond motifs is 15. The molecule has 5 rings (SSSR count). The molecule has 0 aromatic heterocycles. The van der Waals surface area contributed by atoms with Crippen LogP contribution in [0.4, 0.5) is 0 Å². The Morgan fingerprint density at radius 2 is 0.667 bits per heavy atom. The number of hydrogen-bond donors (Lipinski definition) is 0. The lowest BCUT2D eigenvalue weighted by Gasteiger charge is -2.38. The summed E-state index contributed by atoms with van der Waals surface area (Å²) in [6.07, 6.45) is 5.38. The topological polar surface area (TPSA) is 61.9 Å². The molecule has 5 fully saturated rings. The van der Waals surface area contributed by atoms with Crippen molar-refractivity contribution in [3.05, 3.63) is 0 Å². The molecule has 174 valence electrons. The first-order valence-electron chi connectivity index (χ1n) is 11.9. The standard InChI is InChI=1S/C22H40N2O6/c1-2-20-19(1)27-13-7-23-5-11-25-17-18-26-12-6-24(8-14-28-20)10-16-30-22-4-3-21(22)29-15-9-23/h19-22H,1-18H2. The molecule has 4 atom stereocenters. The van der Waals surface area contributed by atoms with Gasteiger partial charge in [-0.1, -0.05) is 0 Å². The second kappa shape index (κ2) is 12.6. The van der Waals surface area contributed by atoms with Crippen LogP contribution >= 0.6 is 0 Å². The summed E-state index contributed by atoms with van der Waals surface area (Å²) in [5, 5.41) is 0. The van der Waals surface area contributed by atoms with Crippen molar-refractivity contribution < 1.29 is 28.4 Å². The molecule has 0 spiro atoms. The Bertz CT molecular complexity index is 411. The molecular formula is C22H40N2O6. The fraction of sp³-hybridized carbons (Fsp3) is 1.00. The van der Waals surface area contributed by atoms with Crippen molar-refractivity contribution >= 4 is 0 Å². The maximum Gasteiger partial charge on any atom is 0.0838 e. The molecule has 0 aromatic carbocycles. The van der Waals surface area contributed by atoms with Crippen LogP contribution in [0.3, 0.4) is 0 Å². The molecule has 30 heavy (non-hydrogen) atoms. The molecule has 0 amide bonds. The Morgan fingerprint density at radius 3 is 0.967 bits per heavy atom. The number of hydrogen-bond acceptors (Lipinski definition) is 8. The molecular weight excluding hydrogens is 388 g/mol. The Morgan fingerprint density at radius 1 is 0.367 bits per heavy atom. The predicted octanol–water partition coefficient (Wildman–Crippen LogP) is 0.779. The van der Waals surface area contributed by atoms with Crippen LogP contribution in [0.2, 0.25) is 0 Å². The quantitative estimate of drug-likeness (QED) is 0.561. The summed E-state index contributed by atoms with van der Waals surface area (Å²) < 4.78 is 36.2. The van der Waals surface area contributed by atoms with Gasteiger partial charge in [0.2, 0.25) is 0 Å². The van der Waals surface area contributed by atoms with Crippen LogP contribution in [-0.2, 0) is 28.4 Å². The first-order valence-corrected chi connectivity index (χ1v) is 11.9. The van der Waals surface area contributed by atoms with Crippen LogP contribution in [0.15, 0.2) is 0 Å². The SMILES string of the molecule is C1COCCN2CCOC3CCC3OCCN(CCO1)CCOC1CCC1OCC2. The van der Waals surface area contributed by atoms with E-state index in [4.69, 9.17) is 28.4 Å². The van der Waals surface area contributed by atoms with Crippen molar-refractivity contribution in [3.63, 3.8) is 0 Å². The van der Waals surface area contributed by atoms with Crippen molar-refractivity contribution in [2.24, 2.45) is 0 Å². The molecule has 2 saturated carbocycles. The van der Waals surface area contributed by atoms with E-state index >= 15 is 0 Å². The van der Waals surface area contributed by atoms with Crippen LogP contribution < -0.4 is 0 Å². The van der Waals surface area contributed by atoms with Gasteiger partial charge in [0.25, 0.3) is 0 Å². The summed E-state index contributed by atoms with van der Waals surface area (Å²) in [4.78, 5) is 4.77. The molecule has 2 aliphatic carbocycles. The van der Waals surface area contributed by atoms with Crippen LogP contribution in [0.1, 0.15) is 25.7 Å². The molecule has 8 nitrogen and oxygen atoms in total. The Hall–Kier alpha value is -0.320. The lowest BCUT2D eigenvalue weighted by Crippen LogP contribution is -2.46. The molecule has 8 heteroatoms. The second-order valence-electron chi connectivity index (χ2n) is 8.70. The average molecular weight is 429 g/mol. The van der Waals surface area contributed by atoms with Gasteiger partial charge in [-0.3, -0.25) is 9.80 Å². The van der Waals surface area contributed by atoms with E-state index in [2.05, 4.69) is 9.80 Å². The van der Waals surface area contributed by atoms with E-state index in [9.17, 15) is 0 Å². The lowest BCUT2D eigenvalue weighted by molar-refractivity contribution is -0.143. The van der Waals surface area contributed by atoms with Gasteiger partial charge in [0.05, 0.1) is 77.3 Å². The van der Waals surface area contributed by atoms with E-state index in [1.807, 2.05) is 0 Å². The first-order chi connectivity index (χ1) is 14.9. The fourth-order valence-electron chi connectivity index (χ4n) is 4.35. The predicted molar refractivity (Wildman–Crippen MR) is 112 cm³/mol. The van der Waals surface area contributed by atoms with Crippen molar-refractivity contribution in [2.75, 3.05) is 92.1 Å². The zero-order chi connectivity index (χ0) is 20.4. The van der Waals surface area contributed by atoms with Crippen LogP contribution in [0, 0.1) is 0 Å². The molecule has 3 saturated heterocycles. The normalized spacial score (nSPS) is 40.8. The minimum Gasteiger partial charge on any atom is -0.378 e. The second-order valence-corrected chi connectivity index (χ2v) is 8.70. The summed E-state index contributed by atoms with van der Waals surface area (Å²) in [5.41, 5.74) is 0. The number of rotatable bonds is 0. The van der Waals surface area contributed by atoms with Gasteiger partial charge in [0, 0.05) is 39.3 Å². The highest BCUT2D eigenvalue weighted by Crippen LogP contribution is 2.27. The zero-order valence-electron chi connectivity index (χ0n) is 18.4. The molecule has 0 N–H and O–H groups in total. The highest BCUT2D eigenvalue weighted by atomic mass is 16.6. The van der Waals surface area contributed by atoms with Gasteiger partial charge in [-0.15, -0.1) is 0 Å². The van der Waals surface area contributed by atoms with Gasteiger partial charge < -0.3 is 28.4 Å². The third kappa shape index (κ3) is 7.10. The minimum atomic E-state index is 0.243. The third-order valence-corrected chi connectivity index (χ3v) is 6.73. The maximum atomic E-state index is 6.16. The Balaban J connectivity index is 1.38. The van der Waals surface area contributed by atoms with Gasteiger partial charge in [-0.25, -0.2) is 0 Å². The van der Waals surface area contributed by atoms with Gasteiger partial charge >= 0.3 is 0 Å². The minimum absolute atomic E-state index is 0.243. The van der Waals surface area contributed by atoms with E-state index in [0.29, 0.717) is 26.4 Å². The molecule has 3 aliphatic heterocycles. The van der Waals surface area contributed by atoms with E-state index in [1.165, 1.54) is 0 Å². The molecule has 0 radical (unpaired) electrons. The number of nitrogens with zero attached hydrogens (tertiary/aromatic N) is 2. The molecule has 2 bridgehead atoms. The summed E-state index contributed by atoms with van der Waals surface area (Å²) >= 11 is 0. The average Bonchev–Trinajstić information content (AvgIpc) is 2.72. The van der Waals surface area contributed by atoms with Gasteiger partial charge in [0.1, 0.15) is 0 Å². The summed E-state index contributed by atoms with van der Waals surface area (Å²) in [6, 6.07) is 0. The molecule has 5 aliphatic rings. The first kappa shape index (κ1) is 22.9. The highest BCUT2D eigenvalue weighted by molar-refractivity contribution is 4.84. The Labute approximate surface area is 181 Å². The number of ether oxygens (including phenoxy) is 6. The van der Waals surface area contributed by atoms with E-state index in [-0.39, 0.29) is 24.4 Å². The van der Waals surface area contributed by atoms with Crippen LogP contribution in [0.25, 0.3) is 0 Å². The van der Waals surface area contributed by atoms with Crippen molar-refractivity contribution in [1.29, 1.82) is 0 Å². The fourth-order valence-corrected chi connectivity index (χ4v) is 4.35. The van der Waals surface area contributed by atoms with Crippen LogP contribution in [0.5, 0.6) is 0 Å². The van der Waals surface area contributed by atoms with E-state index in [1.54, 1.807) is 0 Å². The van der Waals surface area contributed by atoms with E-state index < -0.39 is 0 Å². The smallest absolute Gasteiger partial charge is 0.0838 e. The molecule has 4 unspecified atom stereocenters. The largest absolute Gasteiger partial charge is 0.378 e. The summed E-state index contributed by atoms with van der Waals surface area (Å²) in [5.74, 6) is 0. The van der Waals surface area contributed by atoms with Crippen molar-refractivity contribution in [2.45, 2.75) is 50.1 Å². The van der Waals surface area contributed by atoms with Crippen molar-refractivity contribution in [1.82, 2.24) is 9.80 Å². The van der Waals surface area contributed by atoms with Gasteiger partial charge in [-0.05, 0) is 25.7 Å². The van der Waals surface area contributed by atoms with Crippen LogP contribution in [-0.4, -0.2) is 126 Å². The third-order valence-electron chi connectivity index (χ3n) is 6.73. The summed E-state index contributed by atoms with van der Waals surface area (Å²) in [6.45, 7) is 11.0. The monoisotopic (exact) mass is 428 g/mol. The Kier molecular flexibility index (Phi) is 9.64. The van der Waals surface area contributed by atoms with Gasteiger partial charge in [-0.2, -0.15) is 0 Å². The van der Waals surface area contributed by atoms with E-state index in [0.717, 1.165) is 91.4 Å². The lowest BCUT2D eigenvalue weighted by atomic mass is 9.92. The van der Waals surface area contributed by atoms with Crippen molar-refractivity contribution in [3.8, 4) is 0 Å². The van der Waals surface area contributed by atoms with Gasteiger partial charge in [0.15, 0.2) is 0 Å². The molecule has 3 heterocycles. The summed E-state index contributed by atoms with van der Waals surface area (Å²) in [7, 11) is 0. The molecule has 0 aromatic rings. The highest BCUT2D eigenvalue weighted by Gasteiger charge is 2.34.